The maximum Gasteiger partial charge on any atom is 0.328 e. The Morgan fingerprint density at radius 3 is 2.05 bits per heavy atom. The van der Waals surface area contributed by atoms with Gasteiger partial charge >= 0.3 is 11.9 Å². The summed E-state index contributed by atoms with van der Waals surface area (Å²) in [6.07, 6.45) is 4.97. The molecule has 0 unspecified atom stereocenters. The Hall–Kier alpha value is -3.11. The molecule has 12 heteroatoms. The fourth-order valence-corrected chi connectivity index (χ4v) is 4.46. The third kappa shape index (κ3) is 8.46. The van der Waals surface area contributed by atoms with Gasteiger partial charge < -0.3 is 10.2 Å². The second kappa shape index (κ2) is 13.4. The van der Waals surface area contributed by atoms with Crippen LogP contribution in [0.1, 0.15) is 37.3 Å². The molecule has 0 saturated carbocycles. The van der Waals surface area contributed by atoms with E-state index in [9.17, 15) is 14.4 Å². The first-order valence-corrected chi connectivity index (χ1v) is 12.5. The molecule has 37 heavy (non-hydrogen) atoms. The van der Waals surface area contributed by atoms with Gasteiger partial charge in [-0.25, -0.2) is 14.6 Å². The predicted molar refractivity (Wildman–Crippen MR) is 143 cm³/mol. The zero-order valence-electron chi connectivity index (χ0n) is 19.6. The van der Waals surface area contributed by atoms with Gasteiger partial charge in [0.1, 0.15) is 5.71 Å². The number of hydrogen-bond donors (Lipinski definition) is 3. The molecular formula is C25H25Cl3N4O5. The lowest BCUT2D eigenvalue weighted by atomic mass is 10.0. The number of hydrazone groups is 1. The maximum atomic E-state index is 12.9. The molecule has 0 aliphatic carbocycles. The summed E-state index contributed by atoms with van der Waals surface area (Å²) in [4.78, 5) is 32.0. The van der Waals surface area contributed by atoms with Gasteiger partial charge in [0.15, 0.2) is 0 Å². The Bertz CT molecular complexity index is 1180. The van der Waals surface area contributed by atoms with Crippen molar-refractivity contribution in [3.8, 4) is 0 Å². The molecule has 0 aromatic heterocycles. The number of halogens is 3. The summed E-state index contributed by atoms with van der Waals surface area (Å²) in [7, 11) is 0. The van der Waals surface area contributed by atoms with E-state index in [-0.39, 0.29) is 11.9 Å². The maximum absolute atomic E-state index is 12.9. The lowest BCUT2D eigenvalue weighted by Crippen LogP contribution is -2.47. The van der Waals surface area contributed by atoms with Crippen molar-refractivity contribution in [1.82, 2.24) is 10.4 Å². The van der Waals surface area contributed by atoms with E-state index >= 15 is 0 Å². The fraction of sp³-hybridized carbons (Fsp3) is 0.280. The number of piperidine rings is 1. The molecule has 196 valence electrons. The Morgan fingerprint density at radius 2 is 1.49 bits per heavy atom. The van der Waals surface area contributed by atoms with E-state index < -0.39 is 11.9 Å². The van der Waals surface area contributed by atoms with Crippen LogP contribution in [0.3, 0.4) is 0 Å². The van der Waals surface area contributed by atoms with Gasteiger partial charge in [-0.2, -0.15) is 5.10 Å². The van der Waals surface area contributed by atoms with Crippen molar-refractivity contribution in [3.63, 3.8) is 0 Å². The van der Waals surface area contributed by atoms with E-state index in [1.807, 2.05) is 35.3 Å². The lowest BCUT2D eigenvalue weighted by Gasteiger charge is -2.26. The SMILES string of the molecule is O=C(NN1CCCCC1)C1=NN(c2ccc(Cl)cc2Cl)[C@H](c2ccc(Cl)cc2)C1.O=C(O)C=CC(=O)O. The number of carboxylic acid groups (broad SMARTS) is 2. The van der Waals surface area contributed by atoms with E-state index in [1.165, 1.54) is 6.42 Å². The number of benzene rings is 2. The smallest absolute Gasteiger partial charge is 0.328 e. The van der Waals surface area contributed by atoms with Crippen LogP contribution in [-0.4, -0.2) is 51.9 Å². The highest BCUT2D eigenvalue weighted by atomic mass is 35.5. The molecule has 0 radical (unpaired) electrons. The molecule has 2 aromatic rings. The molecule has 9 nitrogen and oxygen atoms in total. The van der Waals surface area contributed by atoms with E-state index in [0.717, 1.165) is 31.5 Å². The summed E-state index contributed by atoms with van der Waals surface area (Å²) >= 11 is 18.6. The second-order valence-corrected chi connectivity index (χ2v) is 9.54. The summed E-state index contributed by atoms with van der Waals surface area (Å²) in [5.41, 5.74) is 5.18. The number of nitrogens with zero attached hydrogens (tertiary/aromatic N) is 3. The van der Waals surface area contributed by atoms with Crippen LogP contribution < -0.4 is 10.4 Å². The zero-order chi connectivity index (χ0) is 26.9. The average molecular weight is 568 g/mol. The van der Waals surface area contributed by atoms with Gasteiger partial charge in [-0.15, -0.1) is 0 Å². The van der Waals surface area contributed by atoms with Crippen molar-refractivity contribution < 1.29 is 24.6 Å². The Morgan fingerprint density at radius 1 is 0.892 bits per heavy atom. The number of hydrazine groups is 1. The van der Waals surface area contributed by atoms with Crippen molar-refractivity contribution in [3.05, 3.63) is 75.2 Å². The average Bonchev–Trinajstić information content (AvgIpc) is 3.29. The van der Waals surface area contributed by atoms with Gasteiger partial charge in [0.25, 0.3) is 5.91 Å². The third-order valence-electron chi connectivity index (χ3n) is 5.57. The normalized spacial score (nSPS) is 17.6. The van der Waals surface area contributed by atoms with E-state index in [1.54, 1.807) is 17.1 Å². The highest BCUT2D eigenvalue weighted by Crippen LogP contribution is 2.39. The van der Waals surface area contributed by atoms with Crippen molar-refractivity contribution in [2.45, 2.75) is 31.7 Å². The molecule has 2 aromatic carbocycles. The monoisotopic (exact) mass is 566 g/mol. The van der Waals surface area contributed by atoms with E-state index in [0.29, 0.717) is 45.0 Å². The van der Waals surface area contributed by atoms with Gasteiger partial charge in [-0.05, 0) is 48.7 Å². The quantitative estimate of drug-likeness (QED) is 0.411. The minimum Gasteiger partial charge on any atom is -0.478 e. The van der Waals surface area contributed by atoms with Crippen LogP contribution in [0.25, 0.3) is 0 Å². The molecule has 3 N–H and O–H groups in total. The van der Waals surface area contributed by atoms with E-state index in [2.05, 4.69) is 10.5 Å². The molecule has 1 amide bonds. The minimum absolute atomic E-state index is 0.159. The van der Waals surface area contributed by atoms with Crippen molar-refractivity contribution in [1.29, 1.82) is 0 Å². The van der Waals surface area contributed by atoms with Crippen LogP contribution in [0.4, 0.5) is 5.69 Å². The number of hydrogen-bond acceptors (Lipinski definition) is 6. The topological polar surface area (TPSA) is 123 Å². The summed E-state index contributed by atoms with van der Waals surface area (Å²) in [6.45, 7) is 1.73. The van der Waals surface area contributed by atoms with Crippen LogP contribution in [0, 0.1) is 0 Å². The number of nitrogens with one attached hydrogen (secondary N) is 1. The largest absolute Gasteiger partial charge is 0.478 e. The predicted octanol–water partition coefficient (Wildman–Crippen LogP) is 5.18. The van der Waals surface area contributed by atoms with Crippen LogP contribution in [0.15, 0.2) is 59.7 Å². The van der Waals surface area contributed by atoms with Gasteiger partial charge in [0.2, 0.25) is 0 Å². The number of anilines is 1. The first-order valence-electron chi connectivity index (χ1n) is 11.4. The Kier molecular flexibility index (Phi) is 10.3. The Balaban J connectivity index is 0.000000414. The molecule has 2 heterocycles. The van der Waals surface area contributed by atoms with Gasteiger partial charge in [-0.1, -0.05) is 53.4 Å². The van der Waals surface area contributed by atoms with Crippen molar-refractivity contribution in [2.75, 3.05) is 18.1 Å². The molecule has 1 atom stereocenters. The summed E-state index contributed by atoms with van der Waals surface area (Å²) < 4.78 is 0. The highest BCUT2D eigenvalue weighted by molar-refractivity contribution is 6.40. The molecule has 1 fully saturated rings. The number of aliphatic carboxylic acids is 2. The molecule has 1 saturated heterocycles. The fourth-order valence-electron chi connectivity index (χ4n) is 3.84. The van der Waals surface area contributed by atoms with Gasteiger partial charge in [-0.3, -0.25) is 15.2 Å². The zero-order valence-corrected chi connectivity index (χ0v) is 21.9. The van der Waals surface area contributed by atoms with E-state index in [4.69, 9.17) is 45.0 Å². The highest BCUT2D eigenvalue weighted by Gasteiger charge is 2.34. The second-order valence-electron chi connectivity index (χ2n) is 8.26. The van der Waals surface area contributed by atoms with Crippen LogP contribution >= 0.6 is 34.8 Å². The van der Waals surface area contributed by atoms with Gasteiger partial charge in [0, 0.05) is 41.7 Å². The first kappa shape index (κ1) is 28.5. The summed E-state index contributed by atoms with van der Waals surface area (Å²) in [6, 6.07) is 12.7. The van der Waals surface area contributed by atoms with Crippen molar-refractivity contribution >= 4 is 64.0 Å². The number of rotatable bonds is 6. The molecule has 4 rings (SSSR count). The summed E-state index contributed by atoms with van der Waals surface area (Å²) in [5, 5.41) is 25.7. The van der Waals surface area contributed by atoms with Crippen LogP contribution in [-0.2, 0) is 14.4 Å². The Labute approximate surface area is 228 Å². The number of carbonyl (C=O) groups excluding carboxylic acids is 1. The van der Waals surface area contributed by atoms with Gasteiger partial charge in [0.05, 0.1) is 16.8 Å². The standard InChI is InChI=1S/C21H21Cl3N4O.C4H4O4/c22-15-6-4-14(5-7-15)20-13-18(21(29)26-27-10-2-1-3-11-27)25-28(20)19-9-8-16(23)12-17(19)24;5-3(6)1-2-4(7)8/h4-9,12,20H,1-3,10-11,13H2,(H,26,29);1-2H,(H,5,6)(H,7,8)/t20-;/m0./s1. The molecule has 2 aliphatic rings. The summed E-state index contributed by atoms with van der Waals surface area (Å²) in [5.74, 6) is -2.68. The molecule has 0 bridgehead atoms. The molecule has 0 spiro atoms. The van der Waals surface area contributed by atoms with Crippen LogP contribution in [0.2, 0.25) is 15.1 Å². The molecule has 2 aliphatic heterocycles. The lowest BCUT2D eigenvalue weighted by molar-refractivity contribution is -0.134. The first-order chi connectivity index (χ1) is 17.6. The minimum atomic E-state index is -1.26. The molecular weight excluding hydrogens is 543 g/mol. The third-order valence-corrected chi connectivity index (χ3v) is 6.36. The number of amides is 1. The number of carboxylic acids is 2. The van der Waals surface area contributed by atoms with Crippen LogP contribution in [0.5, 0.6) is 0 Å². The van der Waals surface area contributed by atoms with Crippen molar-refractivity contribution in [2.24, 2.45) is 5.10 Å². The number of carbonyl (C=O) groups is 3.